The Morgan fingerprint density at radius 1 is 0.790 bits per heavy atom. The topological polar surface area (TPSA) is 133 Å². The highest BCUT2D eigenvalue weighted by Crippen LogP contribution is 2.36. The summed E-state index contributed by atoms with van der Waals surface area (Å²) in [5.74, 6) is -1.66. The van der Waals surface area contributed by atoms with Crippen molar-refractivity contribution in [3.8, 4) is 11.5 Å². The van der Waals surface area contributed by atoms with E-state index < -0.39 is 29.4 Å². The lowest BCUT2D eigenvalue weighted by atomic mass is 9.79. The molecule has 0 aromatic heterocycles. The van der Waals surface area contributed by atoms with Crippen LogP contribution in [0.4, 0.5) is 0 Å². The number of hydrogen-bond acceptors (Lipinski definition) is 11. The molecule has 0 heterocycles. The van der Waals surface area contributed by atoms with Crippen molar-refractivity contribution in [2.24, 2.45) is 5.92 Å². The number of allylic oxidation sites excluding steroid dienone is 2. The molecule has 62 heavy (non-hydrogen) atoms. The molecule has 11 heteroatoms. The molecule has 1 aliphatic carbocycles. The lowest BCUT2D eigenvalue weighted by molar-refractivity contribution is -0.242. The van der Waals surface area contributed by atoms with Crippen LogP contribution in [0.15, 0.2) is 85.0 Å². The first-order chi connectivity index (χ1) is 30.0. The molecular formula is C51H70O11. The maximum atomic E-state index is 13.8. The van der Waals surface area contributed by atoms with Crippen LogP contribution in [0.1, 0.15) is 145 Å². The minimum Gasteiger partial charge on any atom is -0.493 e. The van der Waals surface area contributed by atoms with Crippen molar-refractivity contribution in [1.29, 1.82) is 0 Å². The number of hydrogen-bond donors (Lipinski definition) is 0. The molecule has 0 saturated carbocycles. The van der Waals surface area contributed by atoms with Crippen LogP contribution in [-0.4, -0.2) is 63.0 Å². The third-order valence-electron chi connectivity index (χ3n) is 10.8. The number of ether oxygens (including phenoxy) is 5. The first kappa shape index (κ1) is 51.2. The molecule has 340 valence electrons. The minimum atomic E-state index is -1.23. The second kappa shape index (κ2) is 29.2. The lowest BCUT2D eigenvalue weighted by Gasteiger charge is -2.37. The molecule has 0 saturated heterocycles. The number of rotatable bonds is 31. The van der Waals surface area contributed by atoms with Crippen molar-refractivity contribution in [3.05, 3.63) is 102 Å². The summed E-state index contributed by atoms with van der Waals surface area (Å²) in [6.07, 6.45) is 25.7. The van der Waals surface area contributed by atoms with E-state index in [2.05, 4.69) is 18.2 Å². The highest BCUT2D eigenvalue weighted by molar-refractivity contribution is 5.90. The van der Waals surface area contributed by atoms with Crippen LogP contribution in [-0.2, 0) is 44.6 Å². The average Bonchev–Trinajstić information content (AvgIpc) is 3.28. The molecule has 11 nitrogen and oxygen atoms in total. The predicted octanol–water partition coefficient (Wildman–Crippen LogP) is 11.4. The van der Waals surface area contributed by atoms with Gasteiger partial charge in [-0.1, -0.05) is 114 Å². The Labute approximate surface area is 369 Å². The van der Waals surface area contributed by atoms with Gasteiger partial charge in [0.1, 0.15) is 17.6 Å². The Morgan fingerprint density at radius 2 is 1.47 bits per heavy atom. The molecule has 0 radical (unpaired) electrons. The zero-order valence-corrected chi connectivity index (χ0v) is 37.8. The summed E-state index contributed by atoms with van der Waals surface area (Å²) in [5.41, 5.74) is 1.53. The second-order valence-electron chi connectivity index (χ2n) is 16.0. The molecule has 0 spiro atoms. The normalized spacial score (nSPS) is 16.1. The molecule has 0 N–H and O–H groups in total. The van der Waals surface area contributed by atoms with Crippen LogP contribution >= 0.6 is 0 Å². The van der Waals surface area contributed by atoms with Crippen LogP contribution in [0.5, 0.6) is 11.5 Å². The summed E-state index contributed by atoms with van der Waals surface area (Å²) in [5, 5.41) is 0. The van der Waals surface area contributed by atoms with E-state index in [1.165, 1.54) is 25.9 Å². The molecule has 0 fully saturated rings. The van der Waals surface area contributed by atoms with Crippen molar-refractivity contribution < 1.29 is 52.6 Å². The van der Waals surface area contributed by atoms with Gasteiger partial charge < -0.3 is 28.6 Å². The third kappa shape index (κ3) is 18.8. The molecule has 3 rings (SSSR count). The van der Waals surface area contributed by atoms with E-state index in [-0.39, 0.29) is 12.1 Å². The SMILES string of the molecule is C=C(C)C(=O)OCCCCCCCCCCCOC(=O)C1C=CC=CC1(CCCCC(C)OOc1ccc(C=CC(=O)OC)cc1OC)OC(=O)c1ccc(CCCCC)cc1. The molecule has 3 unspecified atom stereocenters. The van der Waals surface area contributed by atoms with Crippen LogP contribution in [0.2, 0.25) is 0 Å². The van der Waals surface area contributed by atoms with Gasteiger partial charge >= 0.3 is 23.9 Å². The smallest absolute Gasteiger partial charge is 0.339 e. The summed E-state index contributed by atoms with van der Waals surface area (Å²) in [7, 11) is 2.84. The molecule has 0 aliphatic heterocycles. The van der Waals surface area contributed by atoms with E-state index in [1.54, 1.807) is 55.5 Å². The Kier molecular flexibility index (Phi) is 24.1. The van der Waals surface area contributed by atoms with Crippen molar-refractivity contribution in [1.82, 2.24) is 0 Å². The van der Waals surface area contributed by atoms with E-state index in [4.69, 9.17) is 28.7 Å². The van der Waals surface area contributed by atoms with Crippen molar-refractivity contribution >= 4 is 30.0 Å². The summed E-state index contributed by atoms with van der Waals surface area (Å²) in [4.78, 5) is 61.9. The number of aryl methyl sites for hydroxylation is 1. The Balaban J connectivity index is 1.54. The summed E-state index contributed by atoms with van der Waals surface area (Å²) >= 11 is 0. The number of unbranched alkanes of at least 4 members (excludes halogenated alkanes) is 11. The maximum absolute atomic E-state index is 13.8. The van der Waals surface area contributed by atoms with Gasteiger partial charge in [-0.2, -0.15) is 4.89 Å². The fourth-order valence-electron chi connectivity index (χ4n) is 7.04. The van der Waals surface area contributed by atoms with Crippen molar-refractivity contribution in [2.45, 2.75) is 142 Å². The molecular weight excluding hydrogens is 789 g/mol. The van der Waals surface area contributed by atoms with E-state index in [0.29, 0.717) is 61.5 Å². The fourth-order valence-corrected chi connectivity index (χ4v) is 7.04. The van der Waals surface area contributed by atoms with E-state index >= 15 is 0 Å². The van der Waals surface area contributed by atoms with Gasteiger partial charge in [-0.25, -0.2) is 14.4 Å². The first-order valence-electron chi connectivity index (χ1n) is 22.5. The summed E-state index contributed by atoms with van der Waals surface area (Å²) in [6.45, 7) is 10.1. The minimum absolute atomic E-state index is 0.291. The van der Waals surface area contributed by atoms with Gasteiger partial charge in [0.05, 0.1) is 33.0 Å². The molecule has 2 aromatic carbocycles. The molecule has 3 atom stereocenters. The molecule has 1 aliphatic rings. The van der Waals surface area contributed by atoms with E-state index in [1.807, 2.05) is 31.2 Å². The highest BCUT2D eigenvalue weighted by Gasteiger charge is 2.45. The maximum Gasteiger partial charge on any atom is 0.339 e. The third-order valence-corrected chi connectivity index (χ3v) is 10.8. The zero-order chi connectivity index (χ0) is 45.0. The highest BCUT2D eigenvalue weighted by atomic mass is 17.2. The van der Waals surface area contributed by atoms with Crippen molar-refractivity contribution in [2.75, 3.05) is 27.4 Å². The summed E-state index contributed by atoms with van der Waals surface area (Å²) < 4.78 is 27.5. The van der Waals surface area contributed by atoms with Gasteiger partial charge in [-0.3, -0.25) is 4.79 Å². The number of benzene rings is 2. The van der Waals surface area contributed by atoms with Crippen LogP contribution in [0.3, 0.4) is 0 Å². The quantitative estimate of drug-likeness (QED) is 0.0179. The van der Waals surface area contributed by atoms with Gasteiger partial charge in [0.15, 0.2) is 5.75 Å². The Morgan fingerprint density at radius 3 is 2.11 bits per heavy atom. The fraction of sp³-hybridized carbons (Fsp3) is 0.529. The van der Waals surface area contributed by atoms with Crippen molar-refractivity contribution in [3.63, 3.8) is 0 Å². The largest absolute Gasteiger partial charge is 0.493 e. The lowest BCUT2D eigenvalue weighted by Crippen LogP contribution is -2.45. The predicted molar refractivity (Wildman–Crippen MR) is 242 cm³/mol. The van der Waals surface area contributed by atoms with Gasteiger partial charge in [0, 0.05) is 11.6 Å². The van der Waals surface area contributed by atoms with Gasteiger partial charge in [-0.15, -0.1) is 0 Å². The van der Waals surface area contributed by atoms with Gasteiger partial charge in [-0.05, 0) is 106 Å². The van der Waals surface area contributed by atoms with E-state index in [9.17, 15) is 19.2 Å². The molecule has 0 amide bonds. The van der Waals surface area contributed by atoms with Gasteiger partial charge in [0.2, 0.25) is 5.75 Å². The van der Waals surface area contributed by atoms with Crippen LogP contribution < -0.4 is 9.62 Å². The van der Waals surface area contributed by atoms with Gasteiger partial charge in [0.25, 0.3) is 0 Å². The van der Waals surface area contributed by atoms with Crippen LogP contribution in [0, 0.1) is 5.92 Å². The number of carbonyl (C=O) groups is 4. The zero-order valence-electron chi connectivity index (χ0n) is 37.8. The summed E-state index contributed by atoms with van der Waals surface area (Å²) in [6, 6.07) is 12.7. The number of methoxy groups -OCH3 is 2. The second-order valence-corrected chi connectivity index (χ2v) is 16.0. The standard InChI is InChI=1S/C51H70O11/c1-7-8-16-24-41-26-30-43(31-27-41)49(54)60-51(34-19-17-23-40(4)61-62-45-32-28-42(38-46(45)56-5)29-33-47(52)57-6)35-20-18-25-44(51)50(55)59-37-22-15-13-11-9-10-12-14-21-36-58-48(53)39(2)3/h18,20,25-33,35,38,40,44H,2,7-17,19,21-24,34,36-37H2,1,3-6H3. The average molecular weight is 859 g/mol. The Hall–Kier alpha value is -5.16. The molecule has 0 bridgehead atoms. The number of carbonyl (C=O) groups excluding carboxylic acids is 4. The van der Waals surface area contributed by atoms with E-state index in [0.717, 1.165) is 89.0 Å². The first-order valence-corrected chi connectivity index (χ1v) is 22.5. The molecule has 2 aromatic rings. The Bertz CT molecular complexity index is 1780. The monoisotopic (exact) mass is 858 g/mol. The number of esters is 4. The van der Waals surface area contributed by atoms with Crippen LogP contribution in [0.25, 0.3) is 6.08 Å².